The summed E-state index contributed by atoms with van der Waals surface area (Å²) in [5.74, 6) is -1.12. The number of fused-ring (bicyclic) bond motifs is 2. The highest BCUT2D eigenvalue weighted by Crippen LogP contribution is 2.34. The van der Waals surface area contributed by atoms with Crippen LogP contribution in [0.3, 0.4) is 0 Å². The van der Waals surface area contributed by atoms with Crippen LogP contribution in [0.2, 0.25) is 0 Å². The molecule has 25 heavy (non-hydrogen) atoms. The molecule has 7 heteroatoms. The van der Waals surface area contributed by atoms with Crippen LogP contribution in [0.1, 0.15) is 21.6 Å². The lowest BCUT2D eigenvalue weighted by Crippen LogP contribution is -1.95. The molecular weight excluding hydrogens is 325 g/mol. The minimum absolute atomic E-state index is 0.0667. The summed E-state index contributed by atoms with van der Waals surface area (Å²) in [5, 5.41) is 13.8. The normalized spacial score (nSPS) is 11.3. The largest absolute Gasteiger partial charge is 0.478 e. The summed E-state index contributed by atoms with van der Waals surface area (Å²) in [4.78, 5) is 14.4. The standard InChI is InChI=1S/C18H14FN3O3/c1-9-7-11-13(21-9)3-4-14(16(11)19)25-15-5-6-20-22-8-12(18(23)24)10(2)17(15)22/h3-8,21H,1-2H3,(H,23,24). The van der Waals surface area contributed by atoms with Gasteiger partial charge in [0.2, 0.25) is 0 Å². The summed E-state index contributed by atoms with van der Waals surface area (Å²) in [6.45, 7) is 3.52. The monoisotopic (exact) mass is 339 g/mol. The quantitative estimate of drug-likeness (QED) is 0.590. The predicted octanol–water partition coefficient (Wildman–Crippen LogP) is 4.06. The first-order chi connectivity index (χ1) is 12.0. The second-order valence-electron chi connectivity index (χ2n) is 5.85. The minimum atomic E-state index is -1.05. The lowest BCUT2D eigenvalue weighted by molar-refractivity contribution is 0.0696. The van der Waals surface area contributed by atoms with Crippen molar-refractivity contribution in [3.05, 3.63) is 59.3 Å². The van der Waals surface area contributed by atoms with Gasteiger partial charge in [0.05, 0.1) is 11.8 Å². The van der Waals surface area contributed by atoms with Crippen LogP contribution in [0.25, 0.3) is 16.4 Å². The number of ether oxygens (including phenoxy) is 1. The molecule has 2 N–H and O–H groups in total. The zero-order valence-corrected chi connectivity index (χ0v) is 13.5. The van der Waals surface area contributed by atoms with Gasteiger partial charge in [-0.25, -0.2) is 13.7 Å². The molecule has 0 saturated heterocycles. The van der Waals surface area contributed by atoms with Crippen molar-refractivity contribution in [2.45, 2.75) is 13.8 Å². The molecule has 0 aliphatic heterocycles. The number of aromatic carboxylic acids is 1. The van der Waals surface area contributed by atoms with Gasteiger partial charge in [0.25, 0.3) is 0 Å². The lowest BCUT2D eigenvalue weighted by atomic mass is 10.2. The molecule has 1 aromatic carbocycles. The number of carboxylic acids is 1. The molecule has 0 fully saturated rings. The summed E-state index contributed by atoms with van der Waals surface area (Å²) in [6.07, 6.45) is 2.89. The molecule has 3 aromatic heterocycles. The molecular formula is C18H14FN3O3. The van der Waals surface area contributed by atoms with E-state index in [0.29, 0.717) is 27.7 Å². The van der Waals surface area contributed by atoms with E-state index >= 15 is 0 Å². The van der Waals surface area contributed by atoms with Crippen LogP contribution in [0, 0.1) is 19.7 Å². The number of nitrogens with one attached hydrogen (secondary N) is 1. The Morgan fingerprint density at radius 1 is 1.28 bits per heavy atom. The molecule has 0 aliphatic carbocycles. The van der Waals surface area contributed by atoms with Crippen LogP contribution in [0.5, 0.6) is 11.5 Å². The number of carboxylic acid groups (broad SMARTS) is 1. The first-order valence-electron chi connectivity index (χ1n) is 7.61. The predicted molar refractivity (Wildman–Crippen MR) is 90.0 cm³/mol. The molecule has 0 radical (unpaired) electrons. The van der Waals surface area contributed by atoms with Crippen molar-refractivity contribution in [1.82, 2.24) is 14.6 Å². The number of nitrogens with zero attached hydrogens (tertiary/aromatic N) is 2. The minimum Gasteiger partial charge on any atom is -0.478 e. The molecule has 0 spiro atoms. The Morgan fingerprint density at radius 2 is 2.08 bits per heavy atom. The van der Waals surface area contributed by atoms with Gasteiger partial charge in [-0.05, 0) is 37.6 Å². The van der Waals surface area contributed by atoms with Crippen LogP contribution in [0.4, 0.5) is 4.39 Å². The van der Waals surface area contributed by atoms with E-state index in [4.69, 9.17) is 4.74 Å². The number of benzene rings is 1. The smallest absolute Gasteiger partial charge is 0.337 e. The third-order valence-electron chi connectivity index (χ3n) is 4.18. The third kappa shape index (κ3) is 2.32. The SMILES string of the molecule is Cc1cc2c(F)c(Oc3ccnn4cc(C(=O)O)c(C)c34)ccc2[nH]1. The summed E-state index contributed by atoms with van der Waals surface area (Å²) in [5.41, 5.74) is 2.67. The van der Waals surface area contributed by atoms with E-state index in [1.807, 2.05) is 6.92 Å². The Labute approximate surface area is 141 Å². The lowest BCUT2D eigenvalue weighted by Gasteiger charge is -2.09. The number of aromatic amines is 1. The van der Waals surface area contributed by atoms with Crippen molar-refractivity contribution in [3.8, 4) is 11.5 Å². The van der Waals surface area contributed by atoms with E-state index in [1.54, 1.807) is 31.2 Å². The van der Waals surface area contributed by atoms with Gasteiger partial charge in [-0.1, -0.05) is 0 Å². The van der Waals surface area contributed by atoms with E-state index < -0.39 is 11.8 Å². The van der Waals surface area contributed by atoms with Gasteiger partial charge in [-0.3, -0.25) is 0 Å². The number of rotatable bonds is 3. The van der Waals surface area contributed by atoms with E-state index in [9.17, 15) is 14.3 Å². The second kappa shape index (κ2) is 5.34. The molecule has 0 aliphatic rings. The van der Waals surface area contributed by atoms with Crippen LogP contribution in [-0.4, -0.2) is 25.7 Å². The van der Waals surface area contributed by atoms with Crippen molar-refractivity contribution in [3.63, 3.8) is 0 Å². The summed E-state index contributed by atoms with van der Waals surface area (Å²) < 4.78 is 21.9. The summed E-state index contributed by atoms with van der Waals surface area (Å²) in [6, 6.07) is 6.58. The van der Waals surface area contributed by atoms with E-state index in [2.05, 4.69) is 10.1 Å². The maximum absolute atomic E-state index is 14.7. The van der Waals surface area contributed by atoms with Crippen molar-refractivity contribution < 1.29 is 19.0 Å². The van der Waals surface area contributed by atoms with Gasteiger partial charge in [-0.15, -0.1) is 0 Å². The summed E-state index contributed by atoms with van der Waals surface area (Å²) in [7, 11) is 0. The molecule has 4 aromatic rings. The average Bonchev–Trinajstić information content (AvgIpc) is 3.11. The molecule has 0 unspecified atom stereocenters. The topological polar surface area (TPSA) is 79.6 Å². The van der Waals surface area contributed by atoms with E-state index in [0.717, 1.165) is 5.69 Å². The fourth-order valence-corrected chi connectivity index (χ4v) is 3.01. The fraction of sp³-hybridized carbons (Fsp3) is 0.111. The van der Waals surface area contributed by atoms with E-state index in [1.165, 1.54) is 16.9 Å². The molecule has 0 atom stereocenters. The van der Waals surface area contributed by atoms with Gasteiger partial charge in [0, 0.05) is 28.9 Å². The van der Waals surface area contributed by atoms with Crippen LogP contribution in [0.15, 0.2) is 36.7 Å². The molecule has 0 saturated carbocycles. The van der Waals surface area contributed by atoms with Crippen LogP contribution in [-0.2, 0) is 0 Å². The maximum atomic E-state index is 14.7. The van der Waals surface area contributed by atoms with Gasteiger partial charge in [0.15, 0.2) is 17.3 Å². The van der Waals surface area contributed by atoms with Gasteiger partial charge < -0.3 is 14.8 Å². The van der Waals surface area contributed by atoms with E-state index in [-0.39, 0.29) is 11.3 Å². The number of H-pyrrole nitrogens is 1. The van der Waals surface area contributed by atoms with Crippen molar-refractivity contribution >= 4 is 22.4 Å². The zero-order valence-electron chi connectivity index (χ0n) is 13.5. The van der Waals surface area contributed by atoms with Crippen LogP contribution >= 0.6 is 0 Å². The van der Waals surface area contributed by atoms with Crippen molar-refractivity contribution in [2.24, 2.45) is 0 Å². The molecule has 126 valence electrons. The highest BCUT2D eigenvalue weighted by atomic mass is 19.1. The van der Waals surface area contributed by atoms with Gasteiger partial charge in [0.1, 0.15) is 5.52 Å². The first kappa shape index (κ1) is 15.2. The van der Waals surface area contributed by atoms with Gasteiger partial charge in [-0.2, -0.15) is 5.10 Å². The Balaban J connectivity index is 1.86. The fourth-order valence-electron chi connectivity index (χ4n) is 3.01. The Kier molecular flexibility index (Phi) is 3.24. The first-order valence-corrected chi connectivity index (χ1v) is 7.61. The zero-order chi connectivity index (χ0) is 17.7. The summed E-state index contributed by atoms with van der Waals surface area (Å²) >= 11 is 0. The molecule has 3 heterocycles. The molecule has 0 bridgehead atoms. The number of carbonyl (C=O) groups is 1. The number of aromatic nitrogens is 3. The Morgan fingerprint density at radius 3 is 2.84 bits per heavy atom. The number of aryl methyl sites for hydroxylation is 2. The molecule has 4 rings (SSSR count). The number of hydrogen-bond acceptors (Lipinski definition) is 3. The Hall–Kier alpha value is -3.35. The van der Waals surface area contributed by atoms with Crippen LogP contribution < -0.4 is 4.74 Å². The third-order valence-corrected chi connectivity index (χ3v) is 4.18. The van der Waals surface area contributed by atoms with Crippen molar-refractivity contribution in [1.29, 1.82) is 0 Å². The highest BCUT2D eigenvalue weighted by molar-refractivity contribution is 5.93. The molecule has 0 amide bonds. The maximum Gasteiger partial charge on any atom is 0.337 e. The number of halogens is 1. The van der Waals surface area contributed by atoms with Gasteiger partial charge >= 0.3 is 5.97 Å². The van der Waals surface area contributed by atoms with Crippen molar-refractivity contribution in [2.75, 3.05) is 0 Å². The average molecular weight is 339 g/mol. The highest BCUT2D eigenvalue weighted by Gasteiger charge is 2.18. The second-order valence-corrected chi connectivity index (χ2v) is 5.85. The molecule has 6 nitrogen and oxygen atoms in total. The number of hydrogen-bond donors (Lipinski definition) is 2. The Bertz CT molecular complexity index is 1140.